The van der Waals surface area contributed by atoms with E-state index in [2.05, 4.69) is 25.7 Å². The molecular weight excluding hydrogens is 196 g/mol. The molecule has 2 heteroatoms. The van der Waals surface area contributed by atoms with Gasteiger partial charge in [-0.25, -0.2) is 0 Å². The van der Waals surface area contributed by atoms with E-state index in [1.165, 1.54) is 45.2 Å². The number of piperidine rings is 1. The first-order valence-corrected chi connectivity index (χ1v) is 7.11. The van der Waals surface area contributed by atoms with Crippen molar-refractivity contribution in [3.8, 4) is 0 Å². The van der Waals surface area contributed by atoms with Gasteiger partial charge in [-0.3, -0.25) is 4.90 Å². The Morgan fingerprint density at radius 3 is 2.31 bits per heavy atom. The van der Waals surface area contributed by atoms with Crippen LogP contribution in [0.2, 0.25) is 0 Å². The van der Waals surface area contributed by atoms with Crippen LogP contribution in [0.25, 0.3) is 0 Å². The minimum atomic E-state index is 0.636. The first-order valence-electron chi connectivity index (χ1n) is 7.11. The molecule has 0 amide bonds. The fourth-order valence-corrected chi connectivity index (χ4v) is 3.09. The maximum atomic E-state index is 5.94. The fourth-order valence-electron chi connectivity index (χ4n) is 3.09. The summed E-state index contributed by atoms with van der Waals surface area (Å²) in [6.07, 6.45) is 6.70. The van der Waals surface area contributed by atoms with Crippen LogP contribution in [-0.4, -0.2) is 30.6 Å². The Morgan fingerprint density at radius 2 is 1.81 bits per heavy atom. The van der Waals surface area contributed by atoms with Crippen LogP contribution in [0.1, 0.15) is 52.9 Å². The highest BCUT2D eigenvalue weighted by molar-refractivity contribution is 4.81. The van der Waals surface area contributed by atoms with E-state index in [0.29, 0.717) is 6.04 Å². The summed E-state index contributed by atoms with van der Waals surface area (Å²) in [5, 5.41) is 0. The lowest BCUT2D eigenvalue weighted by atomic mass is 9.90. The average Bonchev–Trinajstić information content (AvgIpc) is 2.23. The van der Waals surface area contributed by atoms with Gasteiger partial charge in [0.1, 0.15) is 0 Å². The predicted octanol–water partition coefficient (Wildman–Crippen LogP) is 2.87. The van der Waals surface area contributed by atoms with Crippen molar-refractivity contribution >= 4 is 0 Å². The van der Waals surface area contributed by atoms with Gasteiger partial charge in [-0.1, -0.05) is 40.0 Å². The summed E-state index contributed by atoms with van der Waals surface area (Å²) in [7, 11) is 0. The minimum Gasteiger partial charge on any atom is -0.329 e. The van der Waals surface area contributed by atoms with Crippen LogP contribution in [0.3, 0.4) is 0 Å². The monoisotopic (exact) mass is 226 g/mol. The van der Waals surface area contributed by atoms with Crippen LogP contribution in [0.4, 0.5) is 0 Å². The number of hydrogen-bond donors (Lipinski definition) is 1. The van der Waals surface area contributed by atoms with Gasteiger partial charge < -0.3 is 5.73 Å². The molecule has 0 spiro atoms. The van der Waals surface area contributed by atoms with Gasteiger partial charge in [0.25, 0.3) is 0 Å². The highest BCUT2D eigenvalue weighted by Crippen LogP contribution is 2.24. The molecule has 2 N–H and O–H groups in total. The molecule has 1 saturated heterocycles. The normalized spacial score (nSPS) is 29.2. The quantitative estimate of drug-likeness (QED) is 0.706. The number of nitrogens with two attached hydrogens (primary N) is 1. The van der Waals surface area contributed by atoms with E-state index in [1.807, 2.05) is 0 Å². The Kier molecular flexibility index (Phi) is 6.37. The van der Waals surface area contributed by atoms with E-state index >= 15 is 0 Å². The summed E-state index contributed by atoms with van der Waals surface area (Å²) in [6, 6.07) is 0.636. The Balaban J connectivity index is 2.38. The smallest absolute Gasteiger partial charge is 0.0218 e. The van der Waals surface area contributed by atoms with Gasteiger partial charge >= 0.3 is 0 Å². The first-order chi connectivity index (χ1) is 7.67. The number of unbranched alkanes of at least 4 members (excludes halogenated alkanes) is 2. The first kappa shape index (κ1) is 14.0. The topological polar surface area (TPSA) is 29.3 Å². The lowest BCUT2D eigenvalue weighted by molar-refractivity contribution is 0.0928. The van der Waals surface area contributed by atoms with Gasteiger partial charge in [0.05, 0.1) is 0 Å². The second kappa shape index (κ2) is 7.29. The molecule has 1 fully saturated rings. The molecule has 0 bridgehead atoms. The van der Waals surface area contributed by atoms with Gasteiger partial charge in [-0.2, -0.15) is 0 Å². The maximum Gasteiger partial charge on any atom is 0.0218 e. The summed E-state index contributed by atoms with van der Waals surface area (Å²) in [6.45, 7) is 10.4. The second-order valence-corrected chi connectivity index (χ2v) is 5.79. The molecule has 0 radical (unpaired) electrons. The van der Waals surface area contributed by atoms with Crippen molar-refractivity contribution in [2.75, 3.05) is 19.6 Å². The van der Waals surface area contributed by atoms with Crippen molar-refractivity contribution in [1.82, 2.24) is 4.90 Å². The zero-order chi connectivity index (χ0) is 12.0. The maximum absolute atomic E-state index is 5.94. The highest BCUT2D eigenvalue weighted by atomic mass is 15.2. The highest BCUT2D eigenvalue weighted by Gasteiger charge is 2.26. The van der Waals surface area contributed by atoms with Crippen LogP contribution < -0.4 is 5.73 Å². The van der Waals surface area contributed by atoms with E-state index in [9.17, 15) is 0 Å². The fraction of sp³-hybridized carbons (Fsp3) is 1.00. The van der Waals surface area contributed by atoms with Crippen molar-refractivity contribution in [2.24, 2.45) is 17.6 Å². The molecular formula is C14H30N2. The van der Waals surface area contributed by atoms with Crippen LogP contribution in [0, 0.1) is 11.8 Å². The molecule has 3 atom stereocenters. The summed E-state index contributed by atoms with van der Waals surface area (Å²) in [5.74, 6) is 1.70. The van der Waals surface area contributed by atoms with Gasteiger partial charge in [-0.15, -0.1) is 0 Å². The molecule has 1 rings (SSSR count). The Labute approximate surface area is 102 Å². The summed E-state index contributed by atoms with van der Waals surface area (Å²) < 4.78 is 0. The predicted molar refractivity (Wildman–Crippen MR) is 71.5 cm³/mol. The number of hydrogen-bond acceptors (Lipinski definition) is 2. The van der Waals surface area contributed by atoms with Crippen LogP contribution in [0.5, 0.6) is 0 Å². The third-order valence-electron chi connectivity index (χ3n) is 3.83. The SMILES string of the molecule is CCCCCC(CN)N1CC(C)CC(C)C1. The molecule has 0 saturated carbocycles. The van der Waals surface area contributed by atoms with Crippen molar-refractivity contribution in [1.29, 1.82) is 0 Å². The molecule has 16 heavy (non-hydrogen) atoms. The Morgan fingerprint density at radius 1 is 1.19 bits per heavy atom. The van der Waals surface area contributed by atoms with Crippen LogP contribution in [0.15, 0.2) is 0 Å². The molecule has 1 aliphatic heterocycles. The van der Waals surface area contributed by atoms with E-state index in [0.717, 1.165) is 18.4 Å². The Bertz CT molecular complexity index is 172. The van der Waals surface area contributed by atoms with Crippen molar-refractivity contribution in [3.63, 3.8) is 0 Å². The zero-order valence-corrected chi connectivity index (χ0v) is 11.4. The molecule has 0 aromatic carbocycles. The standard InChI is InChI=1S/C14H30N2/c1-4-5-6-7-14(9-15)16-10-12(2)8-13(3)11-16/h12-14H,4-11,15H2,1-3H3. The van der Waals surface area contributed by atoms with Gasteiger partial charge in [0.2, 0.25) is 0 Å². The molecule has 0 aromatic rings. The van der Waals surface area contributed by atoms with Crippen molar-refractivity contribution in [2.45, 2.75) is 58.9 Å². The summed E-state index contributed by atoms with van der Waals surface area (Å²) in [5.41, 5.74) is 5.94. The zero-order valence-electron chi connectivity index (χ0n) is 11.4. The van der Waals surface area contributed by atoms with Gasteiger partial charge in [-0.05, 0) is 24.7 Å². The van der Waals surface area contributed by atoms with Crippen LogP contribution >= 0.6 is 0 Å². The van der Waals surface area contributed by atoms with Crippen LogP contribution in [-0.2, 0) is 0 Å². The molecule has 0 aliphatic carbocycles. The van der Waals surface area contributed by atoms with Crippen molar-refractivity contribution < 1.29 is 0 Å². The van der Waals surface area contributed by atoms with E-state index < -0.39 is 0 Å². The van der Waals surface area contributed by atoms with Crippen molar-refractivity contribution in [3.05, 3.63) is 0 Å². The lowest BCUT2D eigenvalue weighted by Gasteiger charge is -2.40. The number of rotatable bonds is 6. The average molecular weight is 226 g/mol. The lowest BCUT2D eigenvalue weighted by Crippen LogP contribution is -2.48. The Hall–Kier alpha value is -0.0800. The molecule has 2 nitrogen and oxygen atoms in total. The van der Waals surface area contributed by atoms with Gasteiger partial charge in [0.15, 0.2) is 0 Å². The molecule has 1 heterocycles. The molecule has 0 aromatic heterocycles. The molecule has 96 valence electrons. The largest absolute Gasteiger partial charge is 0.329 e. The molecule has 1 aliphatic rings. The summed E-state index contributed by atoms with van der Waals surface area (Å²) in [4.78, 5) is 2.65. The van der Waals surface area contributed by atoms with E-state index in [4.69, 9.17) is 5.73 Å². The summed E-state index contributed by atoms with van der Waals surface area (Å²) >= 11 is 0. The minimum absolute atomic E-state index is 0.636. The van der Waals surface area contributed by atoms with E-state index in [-0.39, 0.29) is 0 Å². The number of nitrogens with zero attached hydrogens (tertiary/aromatic N) is 1. The third-order valence-corrected chi connectivity index (χ3v) is 3.83. The molecule has 3 unspecified atom stereocenters. The third kappa shape index (κ3) is 4.42. The van der Waals surface area contributed by atoms with Gasteiger partial charge in [0, 0.05) is 25.7 Å². The van der Waals surface area contributed by atoms with E-state index in [1.54, 1.807) is 0 Å². The number of likely N-dealkylation sites (tertiary alicyclic amines) is 1. The second-order valence-electron chi connectivity index (χ2n) is 5.79.